The van der Waals surface area contributed by atoms with Crippen LogP contribution in [0.25, 0.3) is 11.3 Å². The third-order valence-corrected chi connectivity index (χ3v) is 3.58. The molecule has 1 aromatic carbocycles. The summed E-state index contributed by atoms with van der Waals surface area (Å²) in [6, 6.07) is 7.38. The Morgan fingerprint density at radius 2 is 2.05 bits per heavy atom. The van der Waals surface area contributed by atoms with Crippen molar-refractivity contribution in [3.63, 3.8) is 0 Å². The van der Waals surface area contributed by atoms with Crippen molar-refractivity contribution >= 4 is 17.3 Å². The highest BCUT2D eigenvalue weighted by atomic mass is 16.5. The van der Waals surface area contributed by atoms with Crippen LogP contribution in [-0.4, -0.2) is 43.4 Å². The van der Waals surface area contributed by atoms with Gasteiger partial charge in [-0.05, 0) is 6.07 Å². The Kier molecular flexibility index (Phi) is 2.85. The number of aromatic nitrogens is 1. The van der Waals surface area contributed by atoms with E-state index >= 15 is 0 Å². The number of fused-ring (bicyclic) bond motifs is 1. The number of carboxylic acid groups (broad SMARTS) is 1. The fourth-order valence-electron chi connectivity index (χ4n) is 2.48. The number of likely N-dealkylation sites (N-methyl/N-ethyl adjacent to an activating group) is 2. The van der Waals surface area contributed by atoms with Gasteiger partial charge in [-0.15, -0.1) is 0 Å². The van der Waals surface area contributed by atoms with Crippen LogP contribution in [0.2, 0.25) is 0 Å². The van der Waals surface area contributed by atoms with Crippen LogP contribution in [0, 0.1) is 0 Å². The van der Waals surface area contributed by atoms with E-state index in [4.69, 9.17) is 9.63 Å². The van der Waals surface area contributed by atoms with Gasteiger partial charge < -0.3 is 19.4 Å². The molecule has 0 spiro atoms. The summed E-state index contributed by atoms with van der Waals surface area (Å²) < 4.78 is 4.85. The zero-order valence-corrected chi connectivity index (χ0v) is 11.3. The molecule has 1 aromatic heterocycles. The third-order valence-electron chi connectivity index (χ3n) is 3.58. The molecule has 0 saturated carbocycles. The van der Waals surface area contributed by atoms with Crippen molar-refractivity contribution in [2.75, 3.05) is 37.0 Å². The lowest BCUT2D eigenvalue weighted by molar-refractivity contribution is 0.0652. The van der Waals surface area contributed by atoms with Gasteiger partial charge in [0.15, 0.2) is 0 Å². The Bertz CT molecular complexity index is 665. The number of aromatic carboxylic acids is 1. The van der Waals surface area contributed by atoms with E-state index in [-0.39, 0.29) is 5.76 Å². The first kappa shape index (κ1) is 12.5. The standard InChI is InChI=1S/C14H15N3O3/c1-16-6-7-17(2)13-9(4-3-5-11(13)16)10-8-12(14(18)19)20-15-10/h3-5,8H,6-7H2,1-2H3,(H,18,19). The van der Waals surface area contributed by atoms with E-state index in [1.807, 2.05) is 32.3 Å². The van der Waals surface area contributed by atoms with Crippen molar-refractivity contribution in [1.29, 1.82) is 0 Å². The quantitative estimate of drug-likeness (QED) is 0.901. The average molecular weight is 273 g/mol. The summed E-state index contributed by atoms with van der Waals surface area (Å²) in [5.74, 6) is -1.26. The van der Waals surface area contributed by atoms with Gasteiger partial charge in [0.1, 0.15) is 5.69 Å². The maximum absolute atomic E-state index is 10.9. The highest BCUT2D eigenvalue weighted by molar-refractivity contribution is 5.90. The van der Waals surface area contributed by atoms with E-state index < -0.39 is 5.97 Å². The molecular weight excluding hydrogens is 258 g/mol. The SMILES string of the molecule is CN1CCN(C)c2c(-c3cc(C(=O)O)on3)cccc21. The summed E-state index contributed by atoms with van der Waals surface area (Å²) in [7, 11) is 4.06. The molecule has 6 heteroatoms. The Balaban J connectivity index is 2.14. The molecule has 0 amide bonds. The van der Waals surface area contributed by atoms with E-state index in [2.05, 4.69) is 15.0 Å². The maximum atomic E-state index is 10.9. The van der Waals surface area contributed by atoms with Crippen LogP contribution < -0.4 is 9.80 Å². The highest BCUT2D eigenvalue weighted by Crippen LogP contribution is 2.39. The number of benzene rings is 1. The fraction of sp³-hybridized carbons (Fsp3) is 0.286. The van der Waals surface area contributed by atoms with Crippen LogP contribution in [0.1, 0.15) is 10.6 Å². The van der Waals surface area contributed by atoms with Crippen molar-refractivity contribution in [3.8, 4) is 11.3 Å². The minimum absolute atomic E-state index is 0.149. The molecule has 6 nitrogen and oxygen atoms in total. The lowest BCUT2D eigenvalue weighted by Crippen LogP contribution is -2.37. The number of rotatable bonds is 2. The molecule has 0 fully saturated rings. The summed E-state index contributed by atoms with van der Waals surface area (Å²) >= 11 is 0. The van der Waals surface area contributed by atoms with Gasteiger partial charge in [0, 0.05) is 38.8 Å². The second-order valence-electron chi connectivity index (χ2n) is 4.90. The van der Waals surface area contributed by atoms with E-state index in [1.54, 1.807) is 0 Å². The van der Waals surface area contributed by atoms with Gasteiger partial charge in [-0.1, -0.05) is 17.3 Å². The molecule has 1 aliphatic rings. The van der Waals surface area contributed by atoms with E-state index in [1.165, 1.54) is 6.07 Å². The zero-order chi connectivity index (χ0) is 14.3. The van der Waals surface area contributed by atoms with Gasteiger partial charge in [0.25, 0.3) is 0 Å². The first-order chi connectivity index (χ1) is 9.58. The van der Waals surface area contributed by atoms with E-state index in [0.717, 1.165) is 30.0 Å². The fourth-order valence-corrected chi connectivity index (χ4v) is 2.48. The molecule has 0 bridgehead atoms. The molecule has 2 heterocycles. The van der Waals surface area contributed by atoms with Crippen LogP contribution in [0.4, 0.5) is 11.4 Å². The highest BCUT2D eigenvalue weighted by Gasteiger charge is 2.23. The Hall–Kier alpha value is -2.50. The first-order valence-corrected chi connectivity index (χ1v) is 6.33. The number of carbonyl (C=O) groups is 1. The first-order valence-electron chi connectivity index (χ1n) is 6.33. The lowest BCUT2D eigenvalue weighted by Gasteiger charge is -2.35. The number of para-hydroxylation sites is 1. The largest absolute Gasteiger partial charge is 0.475 e. The molecule has 0 saturated heterocycles. The summed E-state index contributed by atoms with van der Waals surface area (Å²) in [5.41, 5.74) is 3.58. The molecular formula is C14H15N3O3. The van der Waals surface area contributed by atoms with Gasteiger partial charge in [0.2, 0.25) is 5.76 Å². The number of hydrogen-bond donors (Lipinski definition) is 1. The van der Waals surface area contributed by atoms with Gasteiger partial charge >= 0.3 is 5.97 Å². The molecule has 0 atom stereocenters. The predicted octanol–water partition coefficient (Wildman–Crippen LogP) is 1.93. The van der Waals surface area contributed by atoms with Crippen LogP contribution >= 0.6 is 0 Å². The summed E-state index contributed by atoms with van der Waals surface area (Å²) in [5, 5.41) is 12.8. The van der Waals surface area contributed by atoms with Crippen molar-refractivity contribution in [1.82, 2.24) is 5.16 Å². The second-order valence-corrected chi connectivity index (χ2v) is 4.90. The van der Waals surface area contributed by atoms with E-state index in [0.29, 0.717) is 5.69 Å². The smallest absolute Gasteiger partial charge is 0.374 e. The zero-order valence-electron chi connectivity index (χ0n) is 11.3. The van der Waals surface area contributed by atoms with Crippen molar-refractivity contribution in [2.24, 2.45) is 0 Å². The normalized spacial score (nSPS) is 14.3. The Morgan fingerprint density at radius 3 is 2.75 bits per heavy atom. The van der Waals surface area contributed by atoms with Crippen LogP contribution in [0.5, 0.6) is 0 Å². The van der Waals surface area contributed by atoms with Crippen LogP contribution in [0.3, 0.4) is 0 Å². The minimum atomic E-state index is -1.11. The monoisotopic (exact) mass is 273 g/mol. The van der Waals surface area contributed by atoms with Gasteiger partial charge in [-0.25, -0.2) is 4.79 Å². The van der Waals surface area contributed by atoms with Gasteiger partial charge in [-0.3, -0.25) is 0 Å². The van der Waals surface area contributed by atoms with Crippen molar-refractivity contribution in [3.05, 3.63) is 30.0 Å². The second kappa shape index (κ2) is 4.56. The molecule has 0 aliphatic carbocycles. The summed E-state index contributed by atoms with van der Waals surface area (Å²) in [4.78, 5) is 15.2. The van der Waals surface area contributed by atoms with Crippen LogP contribution in [-0.2, 0) is 0 Å². The predicted molar refractivity (Wildman–Crippen MR) is 75.4 cm³/mol. The molecule has 3 rings (SSSR count). The number of hydrogen-bond acceptors (Lipinski definition) is 5. The van der Waals surface area contributed by atoms with Crippen molar-refractivity contribution < 1.29 is 14.4 Å². The lowest BCUT2D eigenvalue weighted by atomic mass is 10.0. The Labute approximate surface area is 116 Å². The Morgan fingerprint density at radius 1 is 1.30 bits per heavy atom. The van der Waals surface area contributed by atoms with Crippen molar-refractivity contribution in [2.45, 2.75) is 0 Å². The maximum Gasteiger partial charge on any atom is 0.374 e. The topological polar surface area (TPSA) is 69.8 Å². The summed E-state index contributed by atoms with van der Waals surface area (Å²) in [6.07, 6.45) is 0. The molecule has 20 heavy (non-hydrogen) atoms. The number of nitrogens with zero attached hydrogens (tertiary/aromatic N) is 3. The molecule has 104 valence electrons. The minimum Gasteiger partial charge on any atom is -0.475 e. The molecule has 0 unspecified atom stereocenters. The van der Waals surface area contributed by atoms with Gasteiger partial charge in [0.05, 0.1) is 11.4 Å². The number of carboxylic acids is 1. The van der Waals surface area contributed by atoms with Crippen LogP contribution in [0.15, 0.2) is 28.8 Å². The third kappa shape index (κ3) is 1.89. The molecule has 0 radical (unpaired) electrons. The molecule has 1 N–H and O–H groups in total. The average Bonchev–Trinajstić information content (AvgIpc) is 2.92. The van der Waals surface area contributed by atoms with E-state index in [9.17, 15) is 4.79 Å². The number of anilines is 2. The van der Waals surface area contributed by atoms with Gasteiger partial charge in [-0.2, -0.15) is 0 Å². The molecule has 2 aromatic rings. The summed E-state index contributed by atoms with van der Waals surface area (Å²) in [6.45, 7) is 1.86. The molecule has 1 aliphatic heterocycles.